The third-order valence-electron chi connectivity index (χ3n) is 4.91. The van der Waals surface area contributed by atoms with E-state index >= 15 is 0 Å². The Morgan fingerprint density at radius 1 is 1.15 bits per heavy atom. The predicted octanol–water partition coefficient (Wildman–Crippen LogP) is 5.33. The summed E-state index contributed by atoms with van der Waals surface area (Å²) in [5, 5.41) is 7.01. The Morgan fingerprint density at radius 2 is 1.88 bits per heavy atom. The van der Waals surface area contributed by atoms with Gasteiger partial charge < -0.3 is 14.8 Å². The SMILES string of the molecule is COc1ccc(Cl)cc1NC(=O)COc1cc(C(F)(F)F)c2c(-c3ccccc3)nn(C)c2n1. The minimum atomic E-state index is -4.71. The summed E-state index contributed by atoms with van der Waals surface area (Å²) < 4.78 is 53.7. The summed E-state index contributed by atoms with van der Waals surface area (Å²) in [5.74, 6) is -0.637. The molecule has 1 N–H and O–H groups in total. The van der Waals surface area contributed by atoms with E-state index in [9.17, 15) is 18.0 Å². The van der Waals surface area contributed by atoms with Gasteiger partial charge in [0, 0.05) is 23.7 Å². The Balaban J connectivity index is 1.65. The van der Waals surface area contributed by atoms with Crippen molar-refractivity contribution in [3.05, 3.63) is 65.2 Å². The number of benzene rings is 2. The van der Waals surface area contributed by atoms with Gasteiger partial charge in [-0.1, -0.05) is 41.9 Å². The van der Waals surface area contributed by atoms with E-state index in [2.05, 4.69) is 15.4 Å². The van der Waals surface area contributed by atoms with E-state index < -0.39 is 24.3 Å². The van der Waals surface area contributed by atoms with Crippen molar-refractivity contribution in [2.45, 2.75) is 6.18 Å². The summed E-state index contributed by atoms with van der Waals surface area (Å²) in [6, 6.07) is 13.9. The van der Waals surface area contributed by atoms with Gasteiger partial charge in [0.2, 0.25) is 5.88 Å². The molecule has 176 valence electrons. The number of methoxy groups -OCH3 is 1. The molecule has 0 aliphatic rings. The standard InChI is InChI=1S/C23H18ClF3N4O3/c1-31-22-20(21(30-31)13-6-4-3-5-7-13)15(23(25,26)27)11-19(29-22)34-12-18(32)28-16-10-14(24)8-9-17(16)33-2/h3-11H,12H2,1-2H3,(H,28,32). The van der Waals surface area contributed by atoms with Crippen LogP contribution in [0.15, 0.2) is 54.6 Å². The first-order chi connectivity index (χ1) is 16.2. The van der Waals surface area contributed by atoms with Gasteiger partial charge in [0.15, 0.2) is 12.3 Å². The minimum Gasteiger partial charge on any atom is -0.495 e. The Kier molecular flexibility index (Phi) is 6.34. The number of rotatable bonds is 6. The number of ether oxygens (including phenoxy) is 2. The average Bonchev–Trinajstić information content (AvgIpc) is 3.13. The number of aromatic nitrogens is 3. The van der Waals surface area contributed by atoms with E-state index in [-0.39, 0.29) is 22.6 Å². The van der Waals surface area contributed by atoms with Gasteiger partial charge in [-0.15, -0.1) is 0 Å². The molecule has 2 aromatic heterocycles. The van der Waals surface area contributed by atoms with Gasteiger partial charge in [-0.2, -0.15) is 23.3 Å². The third-order valence-corrected chi connectivity index (χ3v) is 5.14. The zero-order chi connectivity index (χ0) is 24.5. The monoisotopic (exact) mass is 490 g/mol. The van der Waals surface area contributed by atoms with Crippen molar-refractivity contribution in [2.24, 2.45) is 7.05 Å². The lowest BCUT2D eigenvalue weighted by molar-refractivity contribution is -0.136. The van der Waals surface area contributed by atoms with E-state index in [1.165, 1.54) is 24.9 Å². The smallest absolute Gasteiger partial charge is 0.417 e. The van der Waals surface area contributed by atoms with Crippen LogP contribution in [0.4, 0.5) is 18.9 Å². The van der Waals surface area contributed by atoms with Crippen molar-refractivity contribution in [1.82, 2.24) is 14.8 Å². The lowest BCUT2D eigenvalue weighted by Crippen LogP contribution is -2.21. The maximum atomic E-state index is 14.0. The molecule has 0 fully saturated rings. The van der Waals surface area contributed by atoms with Gasteiger partial charge in [-0.25, -0.2) is 4.68 Å². The van der Waals surface area contributed by atoms with Gasteiger partial charge in [0.05, 0.1) is 23.7 Å². The molecule has 2 heterocycles. The topological polar surface area (TPSA) is 78.3 Å². The summed E-state index contributed by atoms with van der Waals surface area (Å²) in [5.41, 5.74) is -0.0294. The second-order valence-electron chi connectivity index (χ2n) is 7.22. The second kappa shape index (κ2) is 9.22. The molecule has 7 nitrogen and oxygen atoms in total. The minimum absolute atomic E-state index is 0.0272. The largest absolute Gasteiger partial charge is 0.495 e. The van der Waals surface area contributed by atoms with Crippen molar-refractivity contribution >= 4 is 34.2 Å². The summed E-state index contributed by atoms with van der Waals surface area (Å²) in [7, 11) is 2.91. The average molecular weight is 491 g/mol. The predicted molar refractivity (Wildman–Crippen MR) is 121 cm³/mol. The van der Waals surface area contributed by atoms with Crippen LogP contribution in [-0.4, -0.2) is 34.4 Å². The Hall–Kier alpha value is -3.79. The number of amides is 1. The molecule has 0 aliphatic heterocycles. The van der Waals surface area contributed by atoms with Crippen LogP contribution in [0, 0.1) is 0 Å². The molecule has 4 rings (SSSR count). The van der Waals surface area contributed by atoms with Crippen LogP contribution < -0.4 is 14.8 Å². The number of aryl methyl sites for hydroxylation is 1. The summed E-state index contributed by atoms with van der Waals surface area (Å²) >= 11 is 5.94. The molecule has 2 aromatic carbocycles. The van der Waals surface area contributed by atoms with Gasteiger partial charge >= 0.3 is 6.18 Å². The molecule has 0 radical (unpaired) electrons. The fraction of sp³-hybridized carbons (Fsp3) is 0.174. The molecule has 0 saturated carbocycles. The van der Waals surface area contributed by atoms with Crippen LogP contribution in [0.2, 0.25) is 5.02 Å². The van der Waals surface area contributed by atoms with Gasteiger partial charge in [0.1, 0.15) is 11.4 Å². The molecule has 0 unspecified atom stereocenters. The maximum absolute atomic E-state index is 14.0. The number of hydrogen-bond donors (Lipinski definition) is 1. The van der Waals surface area contributed by atoms with Gasteiger partial charge in [0.25, 0.3) is 5.91 Å². The first kappa shape index (κ1) is 23.4. The molecule has 0 bridgehead atoms. The van der Waals surface area contributed by atoms with Crippen LogP contribution in [0.5, 0.6) is 11.6 Å². The van der Waals surface area contributed by atoms with Gasteiger partial charge in [-0.05, 0) is 18.2 Å². The van der Waals surface area contributed by atoms with Crippen LogP contribution in [0.3, 0.4) is 0 Å². The molecular weight excluding hydrogens is 473 g/mol. The highest BCUT2D eigenvalue weighted by Gasteiger charge is 2.36. The van der Waals surface area contributed by atoms with Crippen LogP contribution in [0.25, 0.3) is 22.3 Å². The van der Waals surface area contributed by atoms with E-state index in [4.69, 9.17) is 21.1 Å². The van der Waals surface area contributed by atoms with Crippen molar-refractivity contribution in [2.75, 3.05) is 19.0 Å². The summed E-state index contributed by atoms with van der Waals surface area (Å²) in [6.45, 7) is -0.588. The van der Waals surface area contributed by atoms with E-state index in [0.29, 0.717) is 22.0 Å². The Morgan fingerprint density at radius 3 is 2.56 bits per heavy atom. The van der Waals surface area contributed by atoms with Crippen LogP contribution in [-0.2, 0) is 18.0 Å². The number of anilines is 1. The van der Waals surface area contributed by atoms with E-state index in [1.807, 2.05) is 0 Å². The van der Waals surface area contributed by atoms with E-state index in [1.54, 1.807) is 42.5 Å². The number of fused-ring (bicyclic) bond motifs is 1. The van der Waals surface area contributed by atoms with Crippen molar-refractivity contribution in [3.8, 4) is 22.9 Å². The number of halogens is 4. The molecule has 0 spiro atoms. The highest BCUT2D eigenvalue weighted by Crippen LogP contribution is 2.40. The van der Waals surface area contributed by atoms with Crippen molar-refractivity contribution in [3.63, 3.8) is 0 Å². The summed E-state index contributed by atoms with van der Waals surface area (Å²) in [4.78, 5) is 16.5. The quantitative estimate of drug-likeness (QED) is 0.395. The molecule has 0 saturated heterocycles. The molecule has 11 heteroatoms. The first-order valence-electron chi connectivity index (χ1n) is 9.94. The molecule has 0 aliphatic carbocycles. The maximum Gasteiger partial charge on any atom is 0.417 e. The number of pyridine rings is 1. The molecule has 34 heavy (non-hydrogen) atoms. The zero-order valence-corrected chi connectivity index (χ0v) is 18.7. The molecule has 4 aromatic rings. The first-order valence-corrected chi connectivity index (χ1v) is 10.3. The third kappa shape index (κ3) is 4.76. The molecule has 1 amide bonds. The Labute approximate surface area is 197 Å². The number of carbonyl (C=O) groups is 1. The number of alkyl halides is 3. The normalized spacial score (nSPS) is 11.5. The number of hydrogen-bond acceptors (Lipinski definition) is 5. The lowest BCUT2D eigenvalue weighted by atomic mass is 10.0. The fourth-order valence-corrected chi connectivity index (χ4v) is 3.60. The molecule has 0 atom stereocenters. The number of carbonyl (C=O) groups excluding carboxylic acids is 1. The van der Waals surface area contributed by atoms with Crippen LogP contribution in [0.1, 0.15) is 5.56 Å². The van der Waals surface area contributed by atoms with Crippen LogP contribution >= 0.6 is 11.6 Å². The van der Waals surface area contributed by atoms with Gasteiger partial charge in [-0.3, -0.25) is 4.79 Å². The summed E-state index contributed by atoms with van der Waals surface area (Å²) in [6.07, 6.45) is -4.71. The van der Waals surface area contributed by atoms with Crippen molar-refractivity contribution < 1.29 is 27.4 Å². The Bertz CT molecular complexity index is 1360. The highest BCUT2D eigenvalue weighted by atomic mass is 35.5. The molecular formula is C23H18ClF3N4O3. The second-order valence-corrected chi connectivity index (χ2v) is 7.66. The number of nitrogens with one attached hydrogen (secondary N) is 1. The lowest BCUT2D eigenvalue weighted by Gasteiger charge is -2.13. The number of nitrogens with zero attached hydrogens (tertiary/aromatic N) is 3. The fourth-order valence-electron chi connectivity index (χ4n) is 3.42. The highest BCUT2D eigenvalue weighted by molar-refractivity contribution is 6.31. The zero-order valence-electron chi connectivity index (χ0n) is 18.0. The van der Waals surface area contributed by atoms with Crippen molar-refractivity contribution in [1.29, 1.82) is 0 Å². The van der Waals surface area contributed by atoms with E-state index in [0.717, 1.165) is 6.07 Å².